The molecule has 0 fully saturated rings. The summed E-state index contributed by atoms with van der Waals surface area (Å²) in [6.07, 6.45) is 0.505. The first-order chi connectivity index (χ1) is 15.3. The standard InChI is InChI=1S/C21H27Cl2N5O3S/c1-24-16(26-7-8-28(3)4)10-15-19(25-2)12(11-32-15)21(29)27-20-17(22)13(30-5)9-14(31-6)18(20)23/h9,11H,2,7-8,10H2,1,3-6H3,(H,24,26)(H,27,29). The van der Waals surface area contributed by atoms with Gasteiger partial charge in [-0.2, -0.15) is 0 Å². The van der Waals surface area contributed by atoms with E-state index in [1.165, 1.54) is 25.6 Å². The number of nitrogens with one attached hydrogen (secondary N) is 2. The third-order valence-corrected chi connectivity index (χ3v) is 6.27. The Hall–Kier alpha value is -2.33. The van der Waals surface area contributed by atoms with E-state index in [0.29, 0.717) is 29.2 Å². The Balaban J connectivity index is 2.28. The van der Waals surface area contributed by atoms with Crippen LogP contribution in [0.1, 0.15) is 15.2 Å². The van der Waals surface area contributed by atoms with Gasteiger partial charge in [-0.15, -0.1) is 11.3 Å². The number of amides is 1. The topological polar surface area (TPSA) is 87.5 Å². The van der Waals surface area contributed by atoms with Crippen molar-refractivity contribution >= 4 is 64.4 Å². The Bertz CT molecular complexity index is 980. The molecule has 1 heterocycles. The smallest absolute Gasteiger partial charge is 0.258 e. The third kappa shape index (κ3) is 6.13. The van der Waals surface area contributed by atoms with Crippen LogP contribution >= 0.6 is 34.5 Å². The highest BCUT2D eigenvalue weighted by atomic mass is 35.5. The number of benzene rings is 1. The number of methoxy groups -OCH3 is 2. The maximum Gasteiger partial charge on any atom is 0.258 e. The van der Waals surface area contributed by atoms with Crippen LogP contribution in [-0.2, 0) is 6.42 Å². The molecule has 0 saturated carbocycles. The lowest BCUT2D eigenvalue weighted by atomic mass is 10.2. The molecule has 32 heavy (non-hydrogen) atoms. The van der Waals surface area contributed by atoms with Crippen LogP contribution in [0.4, 0.5) is 11.4 Å². The molecule has 0 aliphatic carbocycles. The SMILES string of the molecule is C=Nc1c(C(=O)Nc2c(Cl)c(OC)cc(OC)c2Cl)csc1C/C(=N\C)NCCN(C)C. The number of carbonyl (C=O) groups is 1. The normalized spacial score (nSPS) is 11.4. The molecule has 0 bridgehead atoms. The fraction of sp³-hybridized carbons (Fsp3) is 0.381. The second-order valence-corrected chi connectivity index (χ2v) is 8.61. The van der Waals surface area contributed by atoms with Crippen LogP contribution in [0, 0.1) is 0 Å². The van der Waals surface area contributed by atoms with Crippen molar-refractivity contribution in [2.24, 2.45) is 9.98 Å². The lowest BCUT2D eigenvalue weighted by molar-refractivity contribution is 0.102. The number of nitrogens with zero attached hydrogens (tertiary/aromatic N) is 3. The second kappa shape index (κ2) is 12.1. The molecule has 1 aromatic heterocycles. The highest BCUT2D eigenvalue weighted by molar-refractivity contribution is 7.11. The molecule has 0 aliphatic heterocycles. The first-order valence-corrected chi connectivity index (χ1v) is 11.2. The Morgan fingerprint density at radius 1 is 1.22 bits per heavy atom. The molecule has 11 heteroatoms. The number of amidine groups is 1. The average molecular weight is 500 g/mol. The van der Waals surface area contributed by atoms with E-state index in [9.17, 15) is 4.79 Å². The van der Waals surface area contributed by atoms with Crippen molar-refractivity contribution in [3.05, 3.63) is 31.9 Å². The van der Waals surface area contributed by atoms with Crippen molar-refractivity contribution in [2.45, 2.75) is 6.42 Å². The number of likely N-dealkylation sites (N-methyl/N-ethyl adjacent to an activating group) is 1. The van der Waals surface area contributed by atoms with E-state index >= 15 is 0 Å². The Morgan fingerprint density at radius 3 is 2.34 bits per heavy atom. The quantitative estimate of drug-likeness (QED) is 0.374. The molecular weight excluding hydrogens is 473 g/mol. The molecule has 2 N–H and O–H groups in total. The largest absolute Gasteiger partial charge is 0.495 e. The number of ether oxygens (including phenoxy) is 2. The number of thiophene rings is 1. The zero-order valence-electron chi connectivity index (χ0n) is 18.7. The number of anilines is 1. The number of rotatable bonds is 10. The van der Waals surface area contributed by atoms with Gasteiger partial charge < -0.3 is 25.0 Å². The number of aliphatic imine (C=N–C) groups is 2. The van der Waals surface area contributed by atoms with Crippen molar-refractivity contribution in [1.29, 1.82) is 0 Å². The molecule has 0 radical (unpaired) electrons. The first-order valence-electron chi connectivity index (χ1n) is 9.59. The van der Waals surface area contributed by atoms with Gasteiger partial charge in [-0.1, -0.05) is 23.2 Å². The minimum atomic E-state index is -0.426. The molecular formula is C21H27Cl2N5O3S. The molecule has 0 aliphatic rings. The summed E-state index contributed by atoms with van der Waals surface area (Å²) in [7, 11) is 8.66. The molecule has 2 rings (SSSR count). The Morgan fingerprint density at radius 2 is 1.84 bits per heavy atom. The maximum absolute atomic E-state index is 13.1. The van der Waals surface area contributed by atoms with Gasteiger partial charge >= 0.3 is 0 Å². The number of halogens is 2. The molecule has 1 amide bonds. The van der Waals surface area contributed by atoms with Gasteiger partial charge in [-0.3, -0.25) is 14.8 Å². The number of hydrogen-bond acceptors (Lipinski definition) is 7. The zero-order chi connectivity index (χ0) is 23.8. The van der Waals surface area contributed by atoms with Gasteiger partial charge in [-0.05, 0) is 20.8 Å². The number of hydrogen-bond donors (Lipinski definition) is 2. The van der Waals surface area contributed by atoms with Crippen LogP contribution in [0.2, 0.25) is 10.0 Å². The summed E-state index contributed by atoms with van der Waals surface area (Å²) in [6, 6.07) is 1.55. The van der Waals surface area contributed by atoms with Gasteiger partial charge in [0.05, 0.1) is 31.2 Å². The molecule has 0 spiro atoms. The molecule has 0 atom stereocenters. The van der Waals surface area contributed by atoms with Crippen LogP contribution in [0.5, 0.6) is 11.5 Å². The summed E-state index contributed by atoms with van der Waals surface area (Å²) < 4.78 is 10.5. The minimum Gasteiger partial charge on any atom is -0.495 e. The summed E-state index contributed by atoms with van der Waals surface area (Å²) in [5.41, 5.74) is 1.04. The van der Waals surface area contributed by atoms with Crippen molar-refractivity contribution < 1.29 is 14.3 Å². The van der Waals surface area contributed by atoms with E-state index in [4.69, 9.17) is 32.7 Å². The van der Waals surface area contributed by atoms with E-state index < -0.39 is 5.91 Å². The van der Waals surface area contributed by atoms with E-state index in [-0.39, 0.29) is 15.7 Å². The fourth-order valence-electron chi connectivity index (χ4n) is 2.82. The van der Waals surface area contributed by atoms with Crippen molar-refractivity contribution in [3.8, 4) is 11.5 Å². The average Bonchev–Trinajstić information content (AvgIpc) is 3.18. The van der Waals surface area contributed by atoms with Gasteiger partial charge in [0.1, 0.15) is 27.4 Å². The lowest BCUT2D eigenvalue weighted by Gasteiger charge is -2.15. The molecule has 1 aromatic carbocycles. The van der Waals surface area contributed by atoms with Gasteiger partial charge in [0.15, 0.2) is 0 Å². The van der Waals surface area contributed by atoms with Crippen molar-refractivity contribution in [1.82, 2.24) is 10.2 Å². The fourth-order valence-corrected chi connectivity index (χ4v) is 4.40. The minimum absolute atomic E-state index is 0.167. The van der Waals surface area contributed by atoms with Gasteiger partial charge in [0.2, 0.25) is 0 Å². The Kier molecular flexibility index (Phi) is 9.77. The zero-order valence-corrected chi connectivity index (χ0v) is 21.0. The van der Waals surface area contributed by atoms with Crippen molar-refractivity contribution in [2.75, 3.05) is 53.8 Å². The Labute approximate surface area is 202 Å². The molecule has 0 saturated heterocycles. The van der Waals surface area contributed by atoms with Crippen LogP contribution in [-0.4, -0.2) is 71.8 Å². The summed E-state index contributed by atoms with van der Waals surface area (Å²) in [4.78, 5) is 24.4. The molecule has 0 unspecified atom stereocenters. The highest BCUT2D eigenvalue weighted by Gasteiger charge is 2.23. The van der Waals surface area contributed by atoms with Gasteiger partial charge in [0, 0.05) is 42.9 Å². The van der Waals surface area contributed by atoms with Gasteiger partial charge in [-0.25, -0.2) is 0 Å². The lowest BCUT2D eigenvalue weighted by Crippen LogP contribution is -2.32. The van der Waals surface area contributed by atoms with Crippen LogP contribution in [0.15, 0.2) is 21.4 Å². The van der Waals surface area contributed by atoms with Crippen LogP contribution < -0.4 is 20.1 Å². The monoisotopic (exact) mass is 499 g/mol. The molecule has 174 valence electrons. The van der Waals surface area contributed by atoms with Crippen LogP contribution in [0.3, 0.4) is 0 Å². The summed E-state index contributed by atoms with van der Waals surface area (Å²) >= 11 is 14.1. The predicted molar refractivity (Wildman–Crippen MR) is 135 cm³/mol. The predicted octanol–water partition coefficient (Wildman–Crippen LogP) is 4.38. The highest BCUT2D eigenvalue weighted by Crippen LogP contribution is 2.44. The van der Waals surface area contributed by atoms with E-state index in [1.54, 1.807) is 18.5 Å². The van der Waals surface area contributed by atoms with Crippen LogP contribution in [0.25, 0.3) is 0 Å². The summed E-state index contributed by atoms with van der Waals surface area (Å²) in [5.74, 6) is 1.02. The first kappa shape index (κ1) is 25.9. The third-order valence-electron chi connectivity index (χ3n) is 4.54. The van der Waals surface area contributed by atoms with Gasteiger partial charge in [0.25, 0.3) is 5.91 Å². The summed E-state index contributed by atoms with van der Waals surface area (Å²) in [5, 5.41) is 8.12. The maximum atomic E-state index is 13.1. The van der Waals surface area contributed by atoms with E-state index in [0.717, 1.165) is 23.8 Å². The number of carbonyl (C=O) groups excluding carboxylic acids is 1. The van der Waals surface area contributed by atoms with E-state index in [1.807, 2.05) is 14.1 Å². The van der Waals surface area contributed by atoms with Crippen molar-refractivity contribution in [3.63, 3.8) is 0 Å². The second-order valence-electron chi connectivity index (χ2n) is 6.89. The molecule has 8 nitrogen and oxygen atoms in total. The summed E-state index contributed by atoms with van der Waals surface area (Å²) in [6.45, 7) is 5.26. The van der Waals surface area contributed by atoms with E-state index in [2.05, 4.69) is 32.2 Å². The molecule has 2 aromatic rings.